The maximum atomic E-state index is 5.75. The van der Waals surface area contributed by atoms with Crippen LogP contribution >= 0.6 is 24.0 Å². The fourth-order valence-electron chi connectivity index (χ4n) is 3.22. The number of aliphatic imine (C=N–C) groups is 1. The molecule has 1 heterocycles. The van der Waals surface area contributed by atoms with Crippen molar-refractivity contribution < 1.29 is 4.74 Å². The number of aryl methyl sites for hydroxylation is 1. The lowest BCUT2D eigenvalue weighted by Crippen LogP contribution is -2.36. The standard InChI is InChI=1S/C25H31N5O.HI/c1-4-15-31-24-12-7-6-11-23(24)18-29-25(26-5-2)28-17-21-9-8-10-22(16-21)19-30-14-13-27-20(30)3;/h4,6-14,16H,1,5,15,17-19H2,2-3H3,(H2,26,28,29);1H. The highest BCUT2D eigenvalue weighted by Crippen LogP contribution is 2.17. The minimum Gasteiger partial charge on any atom is -0.489 e. The molecule has 0 radical (unpaired) electrons. The molecule has 2 aromatic carbocycles. The lowest BCUT2D eigenvalue weighted by molar-refractivity contribution is 0.358. The molecule has 0 aliphatic heterocycles. The monoisotopic (exact) mass is 545 g/mol. The minimum absolute atomic E-state index is 0. The summed E-state index contributed by atoms with van der Waals surface area (Å²) in [4.78, 5) is 9.06. The second-order valence-electron chi connectivity index (χ2n) is 7.18. The number of guanidine groups is 1. The van der Waals surface area contributed by atoms with Crippen molar-refractivity contribution >= 4 is 29.9 Å². The van der Waals surface area contributed by atoms with Crippen LogP contribution in [0, 0.1) is 6.92 Å². The van der Waals surface area contributed by atoms with E-state index in [0.29, 0.717) is 19.7 Å². The van der Waals surface area contributed by atoms with Crippen LogP contribution in [0.3, 0.4) is 0 Å². The number of para-hydroxylation sites is 1. The van der Waals surface area contributed by atoms with Crippen molar-refractivity contribution in [3.05, 3.63) is 96.1 Å². The van der Waals surface area contributed by atoms with Crippen molar-refractivity contribution in [2.75, 3.05) is 13.2 Å². The molecule has 7 heteroatoms. The van der Waals surface area contributed by atoms with Crippen LogP contribution in [0.5, 0.6) is 5.75 Å². The topological polar surface area (TPSA) is 63.5 Å². The first-order valence-electron chi connectivity index (χ1n) is 10.6. The smallest absolute Gasteiger partial charge is 0.191 e. The molecule has 0 saturated heterocycles. The lowest BCUT2D eigenvalue weighted by atomic mass is 10.1. The number of aromatic nitrogens is 2. The molecule has 1 aromatic heterocycles. The lowest BCUT2D eigenvalue weighted by Gasteiger charge is -2.14. The first-order valence-corrected chi connectivity index (χ1v) is 10.6. The fraction of sp³-hybridized carbons (Fsp3) is 0.280. The van der Waals surface area contributed by atoms with E-state index in [9.17, 15) is 0 Å². The van der Waals surface area contributed by atoms with E-state index in [2.05, 4.69) is 64.0 Å². The van der Waals surface area contributed by atoms with Crippen LogP contribution in [0.1, 0.15) is 29.4 Å². The van der Waals surface area contributed by atoms with Crippen molar-refractivity contribution in [1.82, 2.24) is 20.2 Å². The van der Waals surface area contributed by atoms with Gasteiger partial charge in [-0.1, -0.05) is 55.1 Å². The first kappa shape index (κ1) is 25.5. The zero-order valence-electron chi connectivity index (χ0n) is 18.8. The zero-order chi connectivity index (χ0) is 21.9. The summed E-state index contributed by atoms with van der Waals surface area (Å²) in [5.41, 5.74) is 3.48. The van der Waals surface area contributed by atoms with Crippen molar-refractivity contribution in [1.29, 1.82) is 0 Å². The Kier molecular flexibility index (Phi) is 10.8. The molecule has 3 rings (SSSR count). The summed E-state index contributed by atoms with van der Waals surface area (Å²) in [6, 6.07) is 16.5. The Morgan fingerprint density at radius 1 is 1.16 bits per heavy atom. The van der Waals surface area contributed by atoms with Crippen molar-refractivity contribution in [3.63, 3.8) is 0 Å². The normalized spacial score (nSPS) is 10.9. The molecule has 0 aliphatic carbocycles. The van der Waals surface area contributed by atoms with Gasteiger partial charge in [0.05, 0.1) is 6.54 Å². The SMILES string of the molecule is C=CCOc1ccccc1CNC(=NCc1cccc(Cn2ccnc2C)c1)NCC.I. The van der Waals surface area contributed by atoms with Gasteiger partial charge in [-0.05, 0) is 31.0 Å². The number of nitrogens with one attached hydrogen (secondary N) is 2. The van der Waals surface area contributed by atoms with Gasteiger partial charge < -0.3 is 19.9 Å². The number of benzene rings is 2. The van der Waals surface area contributed by atoms with Gasteiger partial charge in [0.2, 0.25) is 0 Å². The molecule has 0 unspecified atom stereocenters. The number of hydrogen-bond donors (Lipinski definition) is 2. The molecule has 0 spiro atoms. The summed E-state index contributed by atoms with van der Waals surface area (Å²) in [7, 11) is 0. The van der Waals surface area contributed by atoms with Crippen LogP contribution < -0.4 is 15.4 Å². The Labute approximate surface area is 207 Å². The summed E-state index contributed by atoms with van der Waals surface area (Å²) in [6.45, 7) is 11.1. The summed E-state index contributed by atoms with van der Waals surface area (Å²) in [6.07, 6.45) is 5.58. The highest BCUT2D eigenvalue weighted by atomic mass is 127. The molecule has 6 nitrogen and oxygen atoms in total. The summed E-state index contributed by atoms with van der Waals surface area (Å²) < 4.78 is 7.89. The number of nitrogens with zero attached hydrogens (tertiary/aromatic N) is 3. The van der Waals surface area contributed by atoms with E-state index in [1.807, 2.05) is 37.5 Å². The maximum Gasteiger partial charge on any atom is 0.191 e. The largest absolute Gasteiger partial charge is 0.489 e. The van der Waals surface area contributed by atoms with Gasteiger partial charge in [-0.3, -0.25) is 0 Å². The van der Waals surface area contributed by atoms with Crippen molar-refractivity contribution in [3.8, 4) is 5.75 Å². The molecule has 2 N–H and O–H groups in total. The highest BCUT2D eigenvalue weighted by molar-refractivity contribution is 14.0. The molecule has 0 aliphatic rings. The molecular formula is C25H32IN5O. The highest BCUT2D eigenvalue weighted by Gasteiger charge is 2.05. The molecule has 32 heavy (non-hydrogen) atoms. The van der Waals surface area contributed by atoms with Crippen LogP contribution in [0.4, 0.5) is 0 Å². The van der Waals surface area contributed by atoms with E-state index in [1.54, 1.807) is 6.08 Å². The van der Waals surface area contributed by atoms with Crippen molar-refractivity contribution in [2.45, 2.75) is 33.5 Å². The third-order valence-corrected chi connectivity index (χ3v) is 4.81. The zero-order valence-corrected chi connectivity index (χ0v) is 21.1. The Morgan fingerprint density at radius 3 is 2.72 bits per heavy atom. The third kappa shape index (κ3) is 7.71. The Hall–Kier alpha value is -2.81. The van der Waals surface area contributed by atoms with Gasteiger partial charge in [0.1, 0.15) is 18.2 Å². The summed E-state index contributed by atoms with van der Waals surface area (Å²) in [5.74, 6) is 2.64. The number of ether oxygens (including phenoxy) is 1. The van der Waals surface area contributed by atoms with E-state index in [1.165, 1.54) is 11.1 Å². The van der Waals surface area contributed by atoms with Gasteiger partial charge in [-0.25, -0.2) is 9.98 Å². The second-order valence-corrected chi connectivity index (χ2v) is 7.18. The molecule has 0 amide bonds. The third-order valence-electron chi connectivity index (χ3n) is 4.81. The molecule has 0 atom stereocenters. The second kappa shape index (κ2) is 13.6. The molecule has 170 valence electrons. The van der Waals surface area contributed by atoms with Crippen LogP contribution in [-0.4, -0.2) is 28.7 Å². The predicted molar refractivity (Wildman–Crippen MR) is 142 cm³/mol. The van der Waals surface area contributed by atoms with Crippen molar-refractivity contribution in [2.24, 2.45) is 4.99 Å². The van der Waals surface area contributed by atoms with E-state index >= 15 is 0 Å². The maximum absolute atomic E-state index is 5.75. The number of halogens is 1. The Balaban J connectivity index is 0.00000363. The van der Waals surface area contributed by atoms with E-state index in [-0.39, 0.29) is 24.0 Å². The van der Waals surface area contributed by atoms with E-state index < -0.39 is 0 Å². The van der Waals surface area contributed by atoms with Gasteiger partial charge in [0.25, 0.3) is 0 Å². The molecule has 0 bridgehead atoms. The number of imidazole rings is 1. The molecular weight excluding hydrogens is 513 g/mol. The minimum atomic E-state index is 0. The van der Waals surface area contributed by atoms with Gasteiger partial charge in [-0.2, -0.15) is 0 Å². The fourth-order valence-corrected chi connectivity index (χ4v) is 3.22. The van der Waals surface area contributed by atoms with Gasteiger partial charge in [-0.15, -0.1) is 24.0 Å². The quantitative estimate of drug-likeness (QED) is 0.168. The summed E-state index contributed by atoms with van der Waals surface area (Å²) >= 11 is 0. The van der Waals surface area contributed by atoms with Gasteiger partial charge in [0, 0.05) is 37.6 Å². The van der Waals surface area contributed by atoms with Crippen LogP contribution in [-0.2, 0) is 19.6 Å². The average molecular weight is 545 g/mol. The number of rotatable bonds is 10. The number of hydrogen-bond acceptors (Lipinski definition) is 3. The van der Waals surface area contributed by atoms with E-state index in [0.717, 1.165) is 36.2 Å². The van der Waals surface area contributed by atoms with Gasteiger partial charge >= 0.3 is 0 Å². The molecule has 0 fully saturated rings. The first-order chi connectivity index (χ1) is 15.2. The summed E-state index contributed by atoms with van der Waals surface area (Å²) in [5, 5.41) is 6.72. The van der Waals surface area contributed by atoms with Crippen LogP contribution in [0.15, 0.2) is 78.6 Å². The molecule has 0 saturated carbocycles. The Bertz CT molecular complexity index is 1010. The molecule has 3 aromatic rings. The van der Waals surface area contributed by atoms with Gasteiger partial charge in [0.15, 0.2) is 5.96 Å². The Morgan fingerprint density at radius 2 is 1.97 bits per heavy atom. The van der Waals surface area contributed by atoms with E-state index in [4.69, 9.17) is 9.73 Å². The van der Waals surface area contributed by atoms with Crippen LogP contribution in [0.2, 0.25) is 0 Å². The van der Waals surface area contributed by atoms with Crippen LogP contribution in [0.25, 0.3) is 0 Å². The predicted octanol–water partition coefficient (Wildman–Crippen LogP) is 4.68. The average Bonchev–Trinajstić information content (AvgIpc) is 3.19.